The first kappa shape index (κ1) is 33.4. The van der Waals surface area contributed by atoms with Crippen molar-refractivity contribution in [1.29, 1.82) is 0 Å². The van der Waals surface area contributed by atoms with Gasteiger partial charge in [-0.1, -0.05) is 56.3 Å². The Hall–Kier alpha value is -3.50. The standard InChI is InChI=1S/C34H47N3O7/c1-6-8-14-27(39)35-19-23(5)43-33(42)28-26-15-16-34(44-26)29(28)31(40)37(25(21-38)18-22(3)4)30(34)32(41)36(17-7-2)20-24-12-10-9-11-13-24/h6-7,9-13,22-23,25-26,28-30,38H,1-2,8,14-21H2,3-5H3,(H,35,39)/t23-,25-,26-,28+,29+,30-,34+/m1/s1. The summed E-state index contributed by atoms with van der Waals surface area (Å²) in [6, 6.07) is 7.95. The lowest BCUT2D eigenvalue weighted by Gasteiger charge is -2.39. The molecular weight excluding hydrogens is 562 g/mol. The number of aliphatic hydroxyl groups excluding tert-OH is 1. The van der Waals surface area contributed by atoms with Crippen LogP contribution in [0.25, 0.3) is 0 Å². The highest BCUT2D eigenvalue weighted by atomic mass is 16.6. The lowest BCUT2D eigenvalue weighted by Crippen LogP contribution is -2.58. The van der Waals surface area contributed by atoms with Crippen molar-refractivity contribution in [2.75, 3.05) is 19.7 Å². The van der Waals surface area contributed by atoms with Crippen molar-refractivity contribution >= 4 is 23.7 Å². The summed E-state index contributed by atoms with van der Waals surface area (Å²) in [6.45, 7) is 13.5. The van der Waals surface area contributed by atoms with Gasteiger partial charge in [0.25, 0.3) is 0 Å². The van der Waals surface area contributed by atoms with Gasteiger partial charge in [-0.25, -0.2) is 0 Å². The predicted octanol–water partition coefficient (Wildman–Crippen LogP) is 3.00. The van der Waals surface area contributed by atoms with E-state index in [0.717, 1.165) is 5.56 Å². The fourth-order valence-corrected chi connectivity index (χ4v) is 7.11. The molecular formula is C34H47N3O7. The molecule has 0 aromatic heterocycles. The fraction of sp³-hybridized carbons (Fsp3) is 0.588. The number of nitrogens with one attached hydrogen (secondary N) is 1. The van der Waals surface area contributed by atoms with Gasteiger partial charge in [0.2, 0.25) is 17.7 Å². The van der Waals surface area contributed by atoms with E-state index in [2.05, 4.69) is 18.5 Å². The van der Waals surface area contributed by atoms with Crippen LogP contribution in [0, 0.1) is 17.8 Å². The SMILES string of the molecule is C=CCCC(=O)NC[C@@H](C)OC(=O)[C@@H]1[C@H]2C(=O)N([C@@H](CO)CC(C)C)[C@H](C(=O)N(CC=C)Cc3ccccc3)[C@]23CC[C@H]1O3. The van der Waals surface area contributed by atoms with Crippen molar-refractivity contribution in [3.8, 4) is 0 Å². The van der Waals surface area contributed by atoms with Crippen molar-refractivity contribution in [3.63, 3.8) is 0 Å². The molecule has 3 saturated heterocycles. The van der Waals surface area contributed by atoms with Crippen LogP contribution in [0.4, 0.5) is 0 Å². The van der Waals surface area contributed by atoms with E-state index in [4.69, 9.17) is 9.47 Å². The van der Waals surface area contributed by atoms with E-state index in [1.165, 1.54) is 4.90 Å². The van der Waals surface area contributed by atoms with E-state index in [1.54, 1.807) is 24.0 Å². The lowest BCUT2D eigenvalue weighted by atomic mass is 9.70. The number of amides is 3. The molecule has 10 heteroatoms. The first-order valence-corrected chi connectivity index (χ1v) is 15.7. The van der Waals surface area contributed by atoms with E-state index in [9.17, 15) is 24.3 Å². The molecule has 2 N–H and O–H groups in total. The quantitative estimate of drug-likeness (QED) is 0.218. The summed E-state index contributed by atoms with van der Waals surface area (Å²) in [5, 5.41) is 13.3. The lowest BCUT2D eigenvalue weighted by molar-refractivity contribution is -0.160. The minimum absolute atomic E-state index is 0.133. The normalized spacial score (nSPS) is 26.7. The highest BCUT2D eigenvalue weighted by Gasteiger charge is 2.75. The Labute approximate surface area is 260 Å². The molecule has 10 nitrogen and oxygen atoms in total. The van der Waals surface area contributed by atoms with Gasteiger partial charge < -0.3 is 29.7 Å². The van der Waals surface area contributed by atoms with Gasteiger partial charge in [0.05, 0.1) is 37.1 Å². The zero-order valence-corrected chi connectivity index (χ0v) is 26.2. The van der Waals surface area contributed by atoms with E-state index in [1.807, 2.05) is 44.2 Å². The predicted molar refractivity (Wildman–Crippen MR) is 165 cm³/mol. The van der Waals surface area contributed by atoms with Crippen molar-refractivity contribution < 1.29 is 33.8 Å². The molecule has 240 valence electrons. The number of nitrogens with zero attached hydrogens (tertiary/aromatic N) is 2. The highest BCUT2D eigenvalue weighted by molar-refractivity contribution is 5.98. The van der Waals surface area contributed by atoms with E-state index >= 15 is 0 Å². The van der Waals surface area contributed by atoms with E-state index in [-0.39, 0.29) is 43.3 Å². The van der Waals surface area contributed by atoms with Crippen LogP contribution in [0.1, 0.15) is 58.4 Å². The number of carbonyl (C=O) groups is 4. The molecule has 44 heavy (non-hydrogen) atoms. The number of ether oxygens (including phenoxy) is 2. The van der Waals surface area contributed by atoms with E-state index in [0.29, 0.717) is 38.6 Å². The summed E-state index contributed by atoms with van der Waals surface area (Å²) in [7, 11) is 0. The van der Waals surface area contributed by atoms with Crippen LogP contribution < -0.4 is 5.32 Å². The van der Waals surface area contributed by atoms with Gasteiger partial charge in [0, 0.05) is 19.5 Å². The first-order valence-electron chi connectivity index (χ1n) is 15.7. The number of hydrogen-bond acceptors (Lipinski definition) is 7. The average molecular weight is 610 g/mol. The van der Waals surface area contributed by atoms with E-state index < -0.39 is 47.7 Å². The number of benzene rings is 1. The molecule has 0 aliphatic carbocycles. The van der Waals surface area contributed by atoms with Crippen LogP contribution in [0.5, 0.6) is 0 Å². The number of carbonyl (C=O) groups excluding carboxylic acids is 4. The summed E-state index contributed by atoms with van der Waals surface area (Å²) in [4.78, 5) is 57.8. The maximum atomic E-state index is 14.6. The third-order valence-corrected chi connectivity index (χ3v) is 8.95. The average Bonchev–Trinajstić information content (AvgIpc) is 3.65. The summed E-state index contributed by atoms with van der Waals surface area (Å²) < 4.78 is 12.3. The Morgan fingerprint density at radius 2 is 1.93 bits per heavy atom. The Morgan fingerprint density at radius 1 is 1.20 bits per heavy atom. The topological polar surface area (TPSA) is 125 Å². The maximum absolute atomic E-state index is 14.6. The van der Waals surface area contributed by atoms with Crippen LogP contribution in [0.15, 0.2) is 55.6 Å². The summed E-state index contributed by atoms with van der Waals surface area (Å²) in [5.41, 5.74) is -0.289. The molecule has 1 spiro atoms. The zero-order valence-electron chi connectivity index (χ0n) is 26.2. The summed E-state index contributed by atoms with van der Waals surface area (Å²) in [5.74, 6) is -3.07. The number of hydrogen-bond donors (Lipinski definition) is 2. The molecule has 3 amide bonds. The van der Waals surface area contributed by atoms with Crippen molar-refractivity contribution in [3.05, 3.63) is 61.2 Å². The molecule has 3 aliphatic heterocycles. The second-order valence-corrected chi connectivity index (χ2v) is 12.6. The zero-order chi connectivity index (χ0) is 32.0. The third-order valence-electron chi connectivity index (χ3n) is 8.95. The van der Waals surface area contributed by atoms with Gasteiger partial charge in [-0.2, -0.15) is 0 Å². The van der Waals surface area contributed by atoms with Gasteiger partial charge in [-0.15, -0.1) is 13.2 Å². The van der Waals surface area contributed by atoms with Gasteiger partial charge >= 0.3 is 5.97 Å². The number of allylic oxidation sites excluding steroid dienone is 1. The van der Waals surface area contributed by atoms with Crippen LogP contribution in [-0.4, -0.2) is 88.2 Å². The smallest absolute Gasteiger partial charge is 0.312 e. The number of rotatable bonds is 16. The minimum atomic E-state index is -1.22. The second-order valence-electron chi connectivity index (χ2n) is 12.6. The Balaban J connectivity index is 1.63. The summed E-state index contributed by atoms with van der Waals surface area (Å²) in [6.07, 6.45) is 4.38. The maximum Gasteiger partial charge on any atom is 0.312 e. The van der Waals surface area contributed by atoms with Crippen LogP contribution in [-0.2, 0) is 35.2 Å². The van der Waals surface area contributed by atoms with Gasteiger partial charge in [-0.3, -0.25) is 19.2 Å². The molecule has 3 aliphatic rings. The Kier molecular flexibility index (Phi) is 11.0. The van der Waals surface area contributed by atoms with Crippen molar-refractivity contribution in [2.24, 2.45) is 17.8 Å². The second kappa shape index (κ2) is 14.5. The fourth-order valence-electron chi connectivity index (χ4n) is 7.11. The molecule has 4 rings (SSSR count). The molecule has 2 bridgehead atoms. The number of esters is 1. The molecule has 1 aromatic carbocycles. The van der Waals surface area contributed by atoms with Crippen LogP contribution in [0.3, 0.4) is 0 Å². The molecule has 0 unspecified atom stereocenters. The number of likely N-dealkylation sites (tertiary alicyclic amines) is 1. The monoisotopic (exact) mass is 609 g/mol. The Morgan fingerprint density at radius 3 is 2.57 bits per heavy atom. The van der Waals surface area contributed by atoms with Gasteiger partial charge in [-0.05, 0) is 44.1 Å². The van der Waals surface area contributed by atoms with Gasteiger partial charge in [0.1, 0.15) is 17.7 Å². The molecule has 3 fully saturated rings. The molecule has 3 heterocycles. The molecule has 0 radical (unpaired) electrons. The number of aliphatic hydroxyl groups is 1. The van der Waals surface area contributed by atoms with Crippen LogP contribution >= 0.6 is 0 Å². The Bertz CT molecular complexity index is 1220. The van der Waals surface area contributed by atoms with Gasteiger partial charge in [0.15, 0.2) is 0 Å². The number of fused-ring (bicyclic) bond motifs is 1. The highest BCUT2D eigenvalue weighted by Crippen LogP contribution is 2.59. The minimum Gasteiger partial charge on any atom is -0.460 e. The van der Waals surface area contributed by atoms with Crippen molar-refractivity contribution in [1.82, 2.24) is 15.1 Å². The molecule has 7 atom stereocenters. The molecule has 0 saturated carbocycles. The first-order chi connectivity index (χ1) is 21.1. The van der Waals surface area contributed by atoms with Crippen molar-refractivity contribution in [2.45, 2.75) is 89.3 Å². The largest absolute Gasteiger partial charge is 0.460 e. The van der Waals surface area contributed by atoms with Crippen LogP contribution in [0.2, 0.25) is 0 Å². The summed E-state index contributed by atoms with van der Waals surface area (Å²) >= 11 is 0. The molecule has 1 aromatic rings. The third kappa shape index (κ3) is 6.76.